The summed E-state index contributed by atoms with van der Waals surface area (Å²) in [6, 6.07) is 0. The van der Waals surface area contributed by atoms with Gasteiger partial charge in [-0.2, -0.15) is 0 Å². The van der Waals surface area contributed by atoms with Crippen molar-refractivity contribution >= 4 is 11.3 Å². The zero-order valence-corrected chi connectivity index (χ0v) is 11.4. The second-order valence-electron chi connectivity index (χ2n) is 4.07. The molecular weight excluding hydrogens is 246 g/mol. The van der Waals surface area contributed by atoms with Crippen molar-refractivity contribution < 1.29 is 0 Å². The van der Waals surface area contributed by atoms with Crippen LogP contribution in [0.25, 0.3) is 0 Å². The van der Waals surface area contributed by atoms with Crippen molar-refractivity contribution in [3.8, 4) is 0 Å². The first-order valence-electron chi connectivity index (χ1n) is 6.16. The number of nitrogens with zero attached hydrogens (tertiary/aromatic N) is 3. The highest BCUT2D eigenvalue weighted by Gasteiger charge is 2.01. The second kappa shape index (κ2) is 6.63. The molecule has 3 N–H and O–H groups in total. The fourth-order valence-corrected chi connectivity index (χ4v) is 2.49. The maximum Gasteiger partial charge on any atom is 0.107 e. The molecule has 0 amide bonds. The minimum absolute atomic E-state index is 0.641. The fourth-order valence-electron chi connectivity index (χ4n) is 1.66. The van der Waals surface area contributed by atoms with Crippen molar-refractivity contribution in [2.75, 3.05) is 6.54 Å². The maximum absolute atomic E-state index is 5.49. The molecule has 0 spiro atoms. The van der Waals surface area contributed by atoms with Gasteiger partial charge in [-0.05, 0) is 6.42 Å². The van der Waals surface area contributed by atoms with Gasteiger partial charge >= 0.3 is 0 Å². The van der Waals surface area contributed by atoms with E-state index < -0.39 is 0 Å². The Labute approximate surface area is 111 Å². The van der Waals surface area contributed by atoms with E-state index in [1.54, 1.807) is 11.3 Å². The van der Waals surface area contributed by atoms with Crippen LogP contribution in [-0.4, -0.2) is 21.1 Å². The first-order valence-corrected chi connectivity index (χ1v) is 6.98. The molecule has 0 radical (unpaired) electrons. The highest BCUT2D eigenvalue weighted by Crippen LogP contribution is 2.12. The predicted octanol–water partition coefficient (Wildman–Crippen LogP) is 1.15. The summed E-state index contributed by atoms with van der Waals surface area (Å²) in [6.07, 6.45) is 6.86. The van der Waals surface area contributed by atoms with Crippen LogP contribution in [0.4, 0.5) is 0 Å². The molecule has 0 fully saturated rings. The molecule has 0 saturated heterocycles. The van der Waals surface area contributed by atoms with Gasteiger partial charge in [0.05, 0.1) is 12.0 Å². The van der Waals surface area contributed by atoms with Crippen LogP contribution in [0.2, 0.25) is 0 Å². The Bertz CT molecular complexity index is 476. The SMILES string of the molecule is CCc1cnc(CNCc2cn(CCN)cn2)s1. The summed E-state index contributed by atoms with van der Waals surface area (Å²) in [7, 11) is 0. The molecule has 18 heavy (non-hydrogen) atoms. The van der Waals surface area contributed by atoms with Crippen LogP contribution in [0.15, 0.2) is 18.7 Å². The predicted molar refractivity (Wildman–Crippen MR) is 73.3 cm³/mol. The Morgan fingerprint density at radius 1 is 1.39 bits per heavy atom. The molecule has 0 aliphatic carbocycles. The topological polar surface area (TPSA) is 68.8 Å². The maximum atomic E-state index is 5.49. The third-order valence-corrected chi connectivity index (χ3v) is 3.75. The van der Waals surface area contributed by atoms with Crippen LogP contribution in [0.1, 0.15) is 22.5 Å². The smallest absolute Gasteiger partial charge is 0.107 e. The van der Waals surface area contributed by atoms with Gasteiger partial charge in [0.15, 0.2) is 0 Å². The first kappa shape index (κ1) is 13.2. The molecule has 2 aromatic rings. The molecule has 0 aliphatic rings. The number of nitrogens with two attached hydrogens (primary N) is 1. The van der Waals surface area contributed by atoms with Gasteiger partial charge in [0, 0.05) is 43.4 Å². The lowest BCUT2D eigenvalue weighted by Gasteiger charge is -1.99. The quantitative estimate of drug-likeness (QED) is 0.788. The molecule has 5 nitrogen and oxygen atoms in total. The van der Waals surface area contributed by atoms with Crippen molar-refractivity contribution in [2.24, 2.45) is 5.73 Å². The Morgan fingerprint density at radius 3 is 3.00 bits per heavy atom. The van der Waals surface area contributed by atoms with Crippen LogP contribution in [0.3, 0.4) is 0 Å². The molecular formula is C12H19N5S. The number of aryl methyl sites for hydroxylation is 1. The molecule has 0 bridgehead atoms. The molecule has 98 valence electrons. The number of rotatable bonds is 7. The number of thiazole rings is 1. The van der Waals surface area contributed by atoms with Gasteiger partial charge in [0.25, 0.3) is 0 Å². The van der Waals surface area contributed by atoms with Crippen LogP contribution < -0.4 is 11.1 Å². The zero-order valence-electron chi connectivity index (χ0n) is 10.6. The average Bonchev–Trinajstić information content (AvgIpc) is 2.99. The van der Waals surface area contributed by atoms with Crippen molar-refractivity contribution in [1.29, 1.82) is 0 Å². The lowest BCUT2D eigenvalue weighted by molar-refractivity contribution is 0.675. The Kier molecular flexibility index (Phi) is 4.86. The van der Waals surface area contributed by atoms with E-state index in [4.69, 9.17) is 5.73 Å². The number of aromatic nitrogens is 3. The van der Waals surface area contributed by atoms with Crippen molar-refractivity contribution in [3.05, 3.63) is 34.3 Å². The highest BCUT2D eigenvalue weighted by molar-refractivity contribution is 7.11. The van der Waals surface area contributed by atoms with Gasteiger partial charge in [0.2, 0.25) is 0 Å². The minimum atomic E-state index is 0.641. The molecule has 2 heterocycles. The molecule has 2 rings (SSSR count). The monoisotopic (exact) mass is 265 g/mol. The Hall–Kier alpha value is -1.24. The fraction of sp³-hybridized carbons (Fsp3) is 0.500. The van der Waals surface area contributed by atoms with E-state index in [1.165, 1.54) is 4.88 Å². The molecule has 0 aromatic carbocycles. The van der Waals surface area contributed by atoms with E-state index in [2.05, 4.69) is 22.2 Å². The van der Waals surface area contributed by atoms with Gasteiger partial charge < -0.3 is 15.6 Å². The van der Waals surface area contributed by atoms with E-state index in [9.17, 15) is 0 Å². The minimum Gasteiger partial charge on any atom is -0.336 e. The van der Waals surface area contributed by atoms with Crippen molar-refractivity contribution in [1.82, 2.24) is 19.9 Å². The average molecular weight is 265 g/mol. The van der Waals surface area contributed by atoms with E-state index in [0.717, 1.165) is 36.8 Å². The normalized spacial score (nSPS) is 11.0. The summed E-state index contributed by atoms with van der Waals surface area (Å²) in [5.41, 5.74) is 6.53. The Morgan fingerprint density at radius 2 is 2.28 bits per heavy atom. The van der Waals surface area contributed by atoms with E-state index >= 15 is 0 Å². The summed E-state index contributed by atoms with van der Waals surface area (Å²) in [5.74, 6) is 0. The molecule has 0 unspecified atom stereocenters. The number of imidazole rings is 1. The highest BCUT2D eigenvalue weighted by atomic mass is 32.1. The summed E-state index contributed by atoms with van der Waals surface area (Å²) in [6.45, 7) is 5.17. The van der Waals surface area contributed by atoms with Gasteiger partial charge in [-0.25, -0.2) is 9.97 Å². The lowest BCUT2D eigenvalue weighted by Crippen LogP contribution is -2.12. The van der Waals surface area contributed by atoms with E-state index in [-0.39, 0.29) is 0 Å². The summed E-state index contributed by atoms with van der Waals surface area (Å²) >= 11 is 1.77. The van der Waals surface area contributed by atoms with Gasteiger partial charge in [-0.1, -0.05) is 6.92 Å². The van der Waals surface area contributed by atoms with Gasteiger partial charge in [0.1, 0.15) is 5.01 Å². The standard InChI is InChI=1S/C12H19N5S/c1-2-11-6-15-12(18-11)7-14-5-10-8-17(4-3-13)9-16-10/h6,8-9,14H,2-5,7,13H2,1H3. The van der Waals surface area contributed by atoms with Crippen LogP contribution in [-0.2, 0) is 26.1 Å². The number of hydrogen-bond acceptors (Lipinski definition) is 5. The third kappa shape index (κ3) is 3.63. The summed E-state index contributed by atoms with van der Waals surface area (Å²) in [4.78, 5) is 10.0. The summed E-state index contributed by atoms with van der Waals surface area (Å²) < 4.78 is 2.01. The van der Waals surface area contributed by atoms with E-state index in [1.807, 2.05) is 23.3 Å². The van der Waals surface area contributed by atoms with Gasteiger partial charge in [-0.15, -0.1) is 11.3 Å². The van der Waals surface area contributed by atoms with Crippen molar-refractivity contribution in [3.63, 3.8) is 0 Å². The van der Waals surface area contributed by atoms with Crippen LogP contribution in [0.5, 0.6) is 0 Å². The van der Waals surface area contributed by atoms with E-state index in [0.29, 0.717) is 6.54 Å². The lowest BCUT2D eigenvalue weighted by atomic mass is 10.4. The van der Waals surface area contributed by atoms with Gasteiger partial charge in [-0.3, -0.25) is 0 Å². The molecule has 0 aliphatic heterocycles. The number of nitrogens with one attached hydrogen (secondary N) is 1. The first-order chi connectivity index (χ1) is 8.81. The summed E-state index contributed by atoms with van der Waals surface area (Å²) in [5, 5.41) is 4.48. The van der Waals surface area contributed by atoms with Crippen molar-refractivity contribution in [2.45, 2.75) is 33.0 Å². The zero-order chi connectivity index (χ0) is 12.8. The molecule has 6 heteroatoms. The Balaban J connectivity index is 1.77. The van der Waals surface area contributed by atoms with Crippen LogP contribution >= 0.6 is 11.3 Å². The van der Waals surface area contributed by atoms with Crippen LogP contribution in [0, 0.1) is 0 Å². The molecule has 0 saturated carbocycles. The molecule has 2 aromatic heterocycles. The number of hydrogen-bond donors (Lipinski definition) is 2. The third-order valence-electron chi connectivity index (χ3n) is 2.61. The molecule has 0 atom stereocenters. The largest absolute Gasteiger partial charge is 0.336 e. The second-order valence-corrected chi connectivity index (χ2v) is 5.27.